The lowest BCUT2D eigenvalue weighted by molar-refractivity contribution is -0.136. The second-order valence-electron chi connectivity index (χ2n) is 14.5. The van der Waals surface area contributed by atoms with Crippen LogP contribution >= 0.6 is 11.3 Å². The van der Waals surface area contributed by atoms with E-state index < -0.39 is 29.7 Å². The number of piperidine rings is 1. The maximum atomic E-state index is 13.3. The number of nitrogens with one attached hydrogen (secondary N) is 4. The van der Waals surface area contributed by atoms with Crippen molar-refractivity contribution in [3.05, 3.63) is 117 Å². The zero-order valence-electron chi connectivity index (χ0n) is 32.8. The van der Waals surface area contributed by atoms with E-state index in [9.17, 15) is 28.8 Å². The molecule has 0 bridgehead atoms. The highest BCUT2D eigenvalue weighted by Crippen LogP contribution is 2.34. The van der Waals surface area contributed by atoms with Crippen molar-refractivity contribution in [3.63, 3.8) is 0 Å². The number of carbonyl (C=O) groups excluding carboxylic acids is 6. The Bertz CT molecular complexity index is 2480. The predicted octanol–water partition coefficient (Wildman–Crippen LogP) is 6.63. The van der Waals surface area contributed by atoms with Crippen LogP contribution in [-0.4, -0.2) is 69.5 Å². The van der Waals surface area contributed by atoms with Gasteiger partial charge in [0, 0.05) is 47.2 Å². The molecule has 5 aromatic rings. The molecule has 302 valence electrons. The van der Waals surface area contributed by atoms with Crippen LogP contribution in [0, 0.1) is 20.8 Å². The monoisotopic (exact) mass is 813 g/mol. The number of benzene rings is 3. The van der Waals surface area contributed by atoms with Crippen LogP contribution in [0.2, 0.25) is 0 Å². The second kappa shape index (κ2) is 17.8. The lowest BCUT2D eigenvalue weighted by atomic mass is 10.0. The standard InChI is InChI=1S/C44H43N7O7S/c1-25-17-19-45-24-32(25)40(54)47-33-14-13-29(21-26(33)2)39-27(3)59-44(50-39)49-37(53)23-28-9-7-10-30(22-28)58-20-6-4-5-18-46-34-12-8-11-31-38(34)43(57)51(42(31)56)35-15-16-36(52)48-41(35)55/h7-14,17,19,21-22,24,35,46H,4-6,15-16,18,20,23H2,1-3H3,(H,47,54)(H,48,52,55)(H,49,50,53). The van der Waals surface area contributed by atoms with E-state index in [1.54, 1.807) is 36.7 Å². The maximum absolute atomic E-state index is 13.3. The molecule has 2 aromatic heterocycles. The molecule has 59 heavy (non-hydrogen) atoms. The van der Waals surface area contributed by atoms with E-state index in [0.29, 0.717) is 41.0 Å². The second-order valence-corrected chi connectivity index (χ2v) is 15.7. The number of nitrogens with zero attached hydrogens (tertiary/aromatic N) is 3. The lowest BCUT2D eigenvalue weighted by Crippen LogP contribution is -2.54. The summed E-state index contributed by atoms with van der Waals surface area (Å²) in [6.45, 7) is 6.77. The van der Waals surface area contributed by atoms with Crippen LogP contribution in [0.25, 0.3) is 11.3 Å². The number of imide groups is 2. The SMILES string of the molecule is Cc1cc(-c2nc(NC(=O)Cc3cccc(OCCCCCNc4cccc5c4C(=O)N(C4CCC(=O)NC4=O)C5=O)c3)sc2C)ccc1NC(=O)c1cnccc1C. The van der Waals surface area contributed by atoms with Gasteiger partial charge in [-0.1, -0.05) is 24.3 Å². The fourth-order valence-electron chi connectivity index (χ4n) is 7.13. The number of thiazole rings is 1. The summed E-state index contributed by atoms with van der Waals surface area (Å²) in [7, 11) is 0. The number of rotatable bonds is 15. The Balaban J connectivity index is 0.848. The van der Waals surface area contributed by atoms with E-state index in [2.05, 4.69) is 26.3 Å². The molecule has 2 aliphatic rings. The highest BCUT2D eigenvalue weighted by molar-refractivity contribution is 7.16. The lowest BCUT2D eigenvalue weighted by Gasteiger charge is -2.27. The van der Waals surface area contributed by atoms with Gasteiger partial charge in [-0.05, 0) is 106 Å². The Morgan fingerprint density at radius 2 is 1.73 bits per heavy atom. The van der Waals surface area contributed by atoms with Crippen LogP contribution in [0.4, 0.5) is 16.5 Å². The van der Waals surface area contributed by atoms with Crippen LogP contribution in [0.1, 0.15) is 84.7 Å². The number of pyridine rings is 1. The van der Waals surface area contributed by atoms with E-state index in [1.165, 1.54) is 11.3 Å². The zero-order valence-corrected chi connectivity index (χ0v) is 33.7. The summed E-state index contributed by atoms with van der Waals surface area (Å²) in [6.07, 6.45) is 5.90. The minimum Gasteiger partial charge on any atom is -0.494 e. The molecule has 0 radical (unpaired) electrons. The quantitative estimate of drug-likeness (QED) is 0.0660. The molecule has 4 N–H and O–H groups in total. The zero-order chi connectivity index (χ0) is 41.6. The smallest absolute Gasteiger partial charge is 0.264 e. The first-order chi connectivity index (χ1) is 28.5. The summed E-state index contributed by atoms with van der Waals surface area (Å²) in [5.74, 6) is -1.90. The maximum Gasteiger partial charge on any atom is 0.264 e. The van der Waals surface area contributed by atoms with Crippen LogP contribution in [0.5, 0.6) is 5.75 Å². The predicted molar refractivity (Wildman–Crippen MR) is 224 cm³/mol. The molecule has 14 nitrogen and oxygen atoms in total. The number of unbranched alkanes of at least 4 members (excludes halogenated alkanes) is 2. The summed E-state index contributed by atoms with van der Waals surface area (Å²) in [4.78, 5) is 87.0. The van der Waals surface area contributed by atoms with E-state index in [4.69, 9.17) is 9.72 Å². The molecule has 1 unspecified atom stereocenters. The summed E-state index contributed by atoms with van der Waals surface area (Å²) >= 11 is 1.40. The Hall–Kier alpha value is -6.74. The number of ether oxygens (including phenoxy) is 1. The van der Waals surface area contributed by atoms with E-state index in [0.717, 1.165) is 57.0 Å². The van der Waals surface area contributed by atoms with Gasteiger partial charge in [0.1, 0.15) is 11.8 Å². The van der Waals surface area contributed by atoms with Crippen LogP contribution < -0.4 is 26.0 Å². The Labute approximate surface area is 344 Å². The van der Waals surface area contributed by atoms with E-state index >= 15 is 0 Å². The molecule has 0 aliphatic carbocycles. The average molecular weight is 814 g/mol. The topological polar surface area (TPSA) is 189 Å². The van der Waals surface area contributed by atoms with Gasteiger partial charge in [-0.3, -0.25) is 44.0 Å². The molecule has 6 amide bonds. The molecule has 7 rings (SSSR count). The third kappa shape index (κ3) is 9.20. The van der Waals surface area contributed by atoms with Gasteiger partial charge in [0.15, 0.2) is 5.13 Å². The van der Waals surface area contributed by atoms with Crippen molar-refractivity contribution < 1.29 is 33.5 Å². The van der Waals surface area contributed by atoms with Crippen molar-refractivity contribution in [2.45, 2.75) is 65.3 Å². The molecule has 1 atom stereocenters. The van der Waals surface area contributed by atoms with Gasteiger partial charge in [0.05, 0.1) is 35.4 Å². The highest BCUT2D eigenvalue weighted by atomic mass is 32.1. The number of hydrogen-bond acceptors (Lipinski definition) is 11. The van der Waals surface area contributed by atoms with Crippen LogP contribution in [0.3, 0.4) is 0 Å². The fourth-order valence-corrected chi connectivity index (χ4v) is 7.99. The minimum atomic E-state index is -1.01. The van der Waals surface area contributed by atoms with Crippen molar-refractivity contribution in [2.24, 2.45) is 0 Å². The molecule has 15 heteroatoms. The Morgan fingerprint density at radius 1 is 0.898 bits per heavy atom. The van der Waals surface area contributed by atoms with E-state index in [1.807, 2.05) is 63.2 Å². The third-order valence-electron chi connectivity index (χ3n) is 10.2. The van der Waals surface area contributed by atoms with Gasteiger partial charge in [-0.15, -0.1) is 11.3 Å². The van der Waals surface area contributed by atoms with Gasteiger partial charge in [0.2, 0.25) is 17.7 Å². The summed E-state index contributed by atoms with van der Waals surface area (Å²) < 4.78 is 5.99. The number of aromatic nitrogens is 2. The fraction of sp³-hybridized carbons (Fsp3) is 0.273. The summed E-state index contributed by atoms with van der Waals surface area (Å²) in [5, 5.41) is 11.9. The molecular formula is C44H43N7O7S. The largest absolute Gasteiger partial charge is 0.494 e. The molecule has 0 saturated carbocycles. The molecule has 4 heterocycles. The number of carbonyl (C=O) groups is 6. The molecular weight excluding hydrogens is 771 g/mol. The van der Waals surface area contributed by atoms with Crippen molar-refractivity contribution in [1.82, 2.24) is 20.2 Å². The number of anilines is 3. The number of fused-ring (bicyclic) bond motifs is 1. The highest BCUT2D eigenvalue weighted by Gasteiger charge is 2.45. The van der Waals surface area contributed by atoms with Gasteiger partial charge in [0.25, 0.3) is 17.7 Å². The number of aryl methyl sites for hydroxylation is 3. The van der Waals surface area contributed by atoms with Crippen molar-refractivity contribution in [2.75, 3.05) is 29.1 Å². The molecule has 0 spiro atoms. The molecule has 1 fully saturated rings. The van der Waals surface area contributed by atoms with Crippen molar-refractivity contribution >= 4 is 63.3 Å². The van der Waals surface area contributed by atoms with Crippen LogP contribution in [0.15, 0.2) is 79.1 Å². The van der Waals surface area contributed by atoms with E-state index in [-0.39, 0.29) is 42.2 Å². The first kappa shape index (κ1) is 40.5. The van der Waals surface area contributed by atoms with Gasteiger partial charge >= 0.3 is 0 Å². The average Bonchev–Trinajstić information content (AvgIpc) is 3.70. The molecule has 3 aromatic carbocycles. The molecule has 2 aliphatic heterocycles. The normalized spacial score (nSPS) is 14.8. The minimum absolute atomic E-state index is 0.0637. The summed E-state index contributed by atoms with van der Waals surface area (Å²) in [5.41, 5.74) is 6.36. The van der Waals surface area contributed by atoms with Crippen molar-refractivity contribution in [1.29, 1.82) is 0 Å². The first-order valence-corrected chi connectivity index (χ1v) is 20.2. The van der Waals surface area contributed by atoms with Crippen molar-refractivity contribution in [3.8, 4) is 17.0 Å². The number of hydrogen-bond donors (Lipinski definition) is 4. The number of amides is 6. The van der Waals surface area contributed by atoms with Gasteiger partial charge in [-0.25, -0.2) is 4.98 Å². The van der Waals surface area contributed by atoms with Gasteiger partial charge in [-0.2, -0.15) is 0 Å². The Morgan fingerprint density at radius 3 is 2.53 bits per heavy atom. The summed E-state index contributed by atoms with van der Waals surface area (Å²) in [6, 6.07) is 18.9. The Kier molecular flexibility index (Phi) is 12.2. The van der Waals surface area contributed by atoms with Crippen LogP contribution in [-0.2, 0) is 20.8 Å². The van der Waals surface area contributed by atoms with Gasteiger partial charge < -0.3 is 20.7 Å². The third-order valence-corrected chi connectivity index (χ3v) is 11.1. The molecule has 1 saturated heterocycles. The first-order valence-electron chi connectivity index (χ1n) is 19.4.